The molecule has 1 atom stereocenters. The molecule has 6 heteroatoms. The first-order chi connectivity index (χ1) is 7.93. The Bertz CT molecular complexity index is 411. The normalized spacial score (nSPS) is 14.8. The summed E-state index contributed by atoms with van der Waals surface area (Å²) in [5.41, 5.74) is -1.31. The first-order valence-electron chi connectivity index (χ1n) is 4.97. The molecule has 0 fully saturated rings. The molecule has 0 aliphatic carbocycles. The van der Waals surface area contributed by atoms with Crippen molar-refractivity contribution in [3.05, 3.63) is 28.6 Å². The summed E-state index contributed by atoms with van der Waals surface area (Å²) in [7, 11) is 0. The van der Waals surface area contributed by atoms with E-state index in [9.17, 15) is 9.90 Å². The molecule has 1 rings (SSSR count). The number of halogens is 1. The number of rotatable bonds is 5. The van der Waals surface area contributed by atoms with Crippen molar-refractivity contribution in [1.82, 2.24) is 5.32 Å². The average molecular weight is 304 g/mol. The monoisotopic (exact) mass is 303 g/mol. The number of amides is 1. The van der Waals surface area contributed by atoms with Crippen LogP contribution in [0.25, 0.3) is 6.08 Å². The topological polar surface area (TPSA) is 82.7 Å². The Balaban J connectivity index is 2.42. The number of hydrogen-bond donors (Lipinski definition) is 3. The van der Waals surface area contributed by atoms with Gasteiger partial charge in [0.1, 0.15) is 11.4 Å². The molecule has 1 aromatic heterocycles. The van der Waals surface area contributed by atoms with Crippen molar-refractivity contribution in [3.8, 4) is 0 Å². The van der Waals surface area contributed by atoms with Gasteiger partial charge in [0.15, 0.2) is 4.67 Å². The summed E-state index contributed by atoms with van der Waals surface area (Å²) in [6.07, 6.45) is 2.80. The molecule has 94 valence electrons. The number of aliphatic hydroxyl groups excluding tert-OH is 1. The van der Waals surface area contributed by atoms with Crippen LogP contribution in [0.5, 0.6) is 0 Å². The molecule has 0 aliphatic heterocycles. The van der Waals surface area contributed by atoms with Gasteiger partial charge in [0, 0.05) is 12.6 Å². The van der Waals surface area contributed by atoms with Crippen molar-refractivity contribution < 1.29 is 19.4 Å². The van der Waals surface area contributed by atoms with Gasteiger partial charge in [-0.1, -0.05) is 0 Å². The Hall–Kier alpha value is -1.11. The average Bonchev–Trinajstić information content (AvgIpc) is 2.70. The van der Waals surface area contributed by atoms with E-state index in [4.69, 9.17) is 9.52 Å². The molecule has 5 nitrogen and oxygen atoms in total. The van der Waals surface area contributed by atoms with E-state index >= 15 is 0 Å². The molecule has 0 spiro atoms. The molecule has 1 heterocycles. The predicted molar refractivity (Wildman–Crippen MR) is 66.2 cm³/mol. The summed E-state index contributed by atoms with van der Waals surface area (Å²) >= 11 is 3.14. The minimum Gasteiger partial charge on any atom is -0.450 e. The molecular formula is C11H14BrNO4. The van der Waals surface area contributed by atoms with E-state index in [0.717, 1.165) is 0 Å². The van der Waals surface area contributed by atoms with Gasteiger partial charge in [-0.2, -0.15) is 0 Å². The van der Waals surface area contributed by atoms with Gasteiger partial charge >= 0.3 is 0 Å². The van der Waals surface area contributed by atoms with Gasteiger partial charge < -0.3 is 19.9 Å². The van der Waals surface area contributed by atoms with Gasteiger partial charge in [0.25, 0.3) is 0 Å². The summed E-state index contributed by atoms with van der Waals surface area (Å²) in [5.74, 6) is 0.173. The molecular weight excluding hydrogens is 290 g/mol. The molecule has 0 aromatic carbocycles. The summed E-state index contributed by atoms with van der Waals surface area (Å²) < 4.78 is 5.75. The molecule has 1 amide bonds. The molecule has 0 saturated carbocycles. The van der Waals surface area contributed by atoms with Crippen molar-refractivity contribution in [3.63, 3.8) is 0 Å². The molecule has 17 heavy (non-hydrogen) atoms. The summed E-state index contributed by atoms with van der Waals surface area (Å²) in [5, 5.41) is 20.7. The lowest BCUT2D eigenvalue weighted by molar-refractivity contribution is -0.117. The summed E-state index contributed by atoms with van der Waals surface area (Å²) in [6, 6.07) is 3.42. The number of carbonyl (C=O) groups excluding carboxylic acids is 1. The zero-order chi connectivity index (χ0) is 12.9. The molecule has 0 radical (unpaired) electrons. The molecule has 0 saturated heterocycles. The van der Waals surface area contributed by atoms with Crippen LogP contribution in [0.3, 0.4) is 0 Å². The van der Waals surface area contributed by atoms with Crippen LogP contribution in [0.4, 0.5) is 0 Å². The fourth-order valence-corrected chi connectivity index (χ4v) is 1.29. The number of furan rings is 1. The number of hydrogen-bond acceptors (Lipinski definition) is 4. The lowest BCUT2D eigenvalue weighted by atomic mass is 10.1. The Morgan fingerprint density at radius 2 is 2.35 bits per heavy atom. The second-order valence-corrected chi connectivity index (χ2v) is 4.63. The molecule has 3 N–H and O–H groups in total. The summed E-state index contributed by atoms with van der Waals surface area (Å²) in [6.45, 7) is 0.997. The largest absolute Gasteiger partial charge is 0.450 e. The maximum absolute atomic E-state index is 11.3. The maximum Gasteiger partial charge on any atom is 0.244 e. The van der Waals surface area contributed by atoms with Gasteiger partial charge in [0.2, 0.25) is 5.91 Å². The van der Waals surface area contributed by atoms with Crippen LogP contribution < -0.4 is 5.32 Å². The van der Waals surface area contributed by atoms with Crippen molar-refractivity contribution >= 4 is 27.9 Å². The van der Waals surface area contributed by atoms with Crippen LogP contribution in [0.1, 0.15) is 12.7 Å². The van der Waals surface area contributed by atoms with Crippen molar-refractivity contribution in [2.45, 2.75) is 12.5 Å². The number of aliphatic hydroxyl groups is 2. The van der Waals surface area contributed by atoms with Gasteiger partial charge in [-0.3, -0.25) is 4.79 Å². The van der Waals surface area contributed by atoms with Crippen LogP contribution in [0.2, 0.25) is 0 Å². The Morgan fingerprint density at radius 3 is 2.88 bits per heavy atom. The zero-order valence-corrected chi connectivity index (χ0v) is 10.9. The highest BCUT2D eigenvalue weighted by molar-refractivity contribution is 9.10. The third-order valence-corrected chi connectivity index (χ3v) is 2.40. The highest BCUT2D eigenvalue weighted by Gasteiger charge is 2.18. The lowest BCUT2D eigenvalue weighted by Crippen LogP contribution is -2.42. The van der Waals surface area contributed by atoms with Crippen molar-refractivity contribution in [2.75, 3.05) is 13.2 Å². The van der Waals surface area contributed by atoms with E-state index in [1.807, 2.05) is 0 Å². The van der Waals surface area contributed by atoms with Crippen molar-refractivity contribution in [1.29, 1.82) is 0 Å². The highest BCUT2D eigenvalue weighted by Crippen LogP contribution is 2.14. The zero-order valence-electron chi connectivity index (χ0n) is 9.31. The van der Waals surface area contributed by atoms with Crippen LogP contribution in [-0.4, -0.2) is 34.9 Å². The SMILES string of the molecule is CC(O)(CO)CNC(=O)C=Cc1ccc(Br)o1. The molecule has 1 aromatic rings. The van der Waals surface area contributed by atoms with Gasteiger partial charge in [-0.25, -0.2) is 0 Å². The molecule has 0 bridgehead atoms. The van der Waals surface area contributed by atoms with Gasteiger partial charge in [-0.05, 0) is 41.1 Å². The van der Waals surface area contributed by atoms with Gasteiger partial charge in [-0.15, -0.1) is 0 Å². The lowest BCUT2D eigenvalue weighted by Gasteiger charge is -2.19. The second kappa shape index (κ2) is 6.00. The molecule has 1 unspecified atom stereocenters. The van der Waals surface area contributed by atoms with E-state index in [1.54, 1.807) is 12.1 Å². The third-order valence-electron chi connectivity index (χ3n) is 1.98. The fraction of sp³-hybridized carbons (Fsp3) is 0.364. The number of nitrogens with one attached hydrogen (secondary N) is 1. The quantitative estimate of drug-likeness (QED) is 0.706. The van der Waals surface area contributed by atoms with Crippen LogP contribution >= 0.6 is 15.9 Å². The smallest absolute Gasteiger partial charge is 0.244 e. The van der Waals surface area contributed by atoms with Gasteiger partial charge in [0.05, 0.1) is 6.61 Å². The van der Waals surface area contributed by atoms with E-state index < -0.39 is 12.2 Å². The van der Waals surface area contributed by atoms with Crippen LogP contribution in [-0.2, 0) is 4.79 Å². The molecule has 0 aliphatic rings. The van der Waals surface area contributed by atoms with E-state index in [2.05, 4.69) is 21.2 Å². The first kappa shape index (κ1) is 14.0. The van der Waals surface area contributed by atoms with Crippen LogP contribution in [0, 0.1) is 0 Å². The predicted octanol–water partition coefficient (Wildman–Crippen LogP) is 0.915. The standard InChI is InChI=1S/C11H14BrNO4/c1-11(16,7-14)6-13-10(15)5-3-8-2-4-9(12)17-8/h2-5,14,16H,6-7H2,1H3,(H,13,15). The third kappa shape index (κ3) is 5.16. The van der Waals surface area contributed by atoms with Crippen molar-refractivity contribution in [2.24, 2.45) is 0 Å². The summed E-state index contributed by atoms with van der Waals surface area (Å²) in [4.78, 5) is 11.3. The minimum absolute atomic E-state index is 0.0193. The Labute approximate surface area is 107 Å². The Morgan fingerprint density at radius 1 is 1.65 bits per heavy atom. The van der Waals surface area contributed by atoms with E-state index in [1.165, 1.54) is 19.1 Å². The maximum atomic E-state index is 11.3. The van der Waals surface area contributed by atoms with Crippen LogP contribution in [0.15, 0.2) is 27.3 Å². The second-order valence-electron chi connectivity index (χ2n) is 3.85. The minimum atomic E-state index is -1.31. The Kier molecular flexibility index (Phi) is 4.92. The number of carbonyl (C=O) groups is 1. The highest BCUT2D eigenvalue weighted by atomic mass is 79.9. The van der Waals surface area contributed by atoms with E-state index in [-0.39, 0.29) is 12.5 Å². The first-order valence-corrected chi connectivity index (χ1v) is 5.77. The van der Waals surface area contributed by atoms with E-state index in [0.29, 0.717) is 10.4 Å². The fourth-order valence-electron chi connectivity index (χ4n) is 0.968.